The molecular formula is C12H16F3NO4. The van der Waals surface area contributed by atoms with E-state index in [1.165, 1.54) is 0 Å². The third-order valence-corrected chi connectivity index (χ3v) is 3.69. The number of hydrogen-bond donors (Lipinski definition) is 1. The molecule has 0 aromatic rings. The summed E-state index contributed by atoms with van der Waals surface area (Å²) in [7, 11) is 0. The van der Waals surface area contributed by atoms with Gasteiger partial charge in [-0.2, -0.15) is 13.2 Å². The molecule has 1 N–H and O–H groups in total. The summed E-state index contributed by atoms with van der Waals surface area (Å²) >= 11 is 0. The summed E-state index contributed by atoms with van der Waals surface area (Å²) < 4.78 is 43.4. The van der Waals surface area contributed by atoms with Gasteiger partial charge in [0.15, 0.2) is 0 Å². The van der Waals surface area contributed by atoms with Crippen molar-refractivity contribution in [3.8, 4) is 0 Å². The molecule has 5 nitrogen and oxygen atoms in total. The van der Waals surface area contributed by atoms with E-state index in [1.54, 1.807) is 0 Å². The molecule has 1 saturated carbocycles. The number of alkyl halides is 3. The second-order valence-electron chi connectivity index (χ2n) is 5.35. The van der Waals surface area contributed by atoms with E-state index in [9.17, 15) is 22.8 Å². The third-order valence-electron chi connectivity index (χ3n) is 3.69. The van der Waals surface area contributed by atoms with Crippen LogP contribution in [0.15, 0.2) is 0 Å². The van der Waals surface area contributed by atoms with Crippen molar-refractivity contribution in [2.75, 3.05) is 26.3 Å². The minimum atomic E-state index is -4.62. The second kappa shape index (κ2) is 5.59. The van der Waals surface area contributed by atoms with Crippen molar-refractivity contribution in [1.82, 2.24) is 4.90 Å². The lowest BCUT2D eigenvalue weighted by Gasteiger charge is -2.18. The SMILES string of the molecule is O=C(O)[C@@H]1CN(C(=O)COCC2CC2)C[C@H]1C(F)(F)F. The van der Waals surface area contributed by atoms with Crippen LogP contribution in [-0.4, -0.2) is 54.4 Å². The van der Waals surface area contributed by atoms with Gasteiger partial charge in [-0.25, -0.2) is 0 Å². The quantitative estimate of drug-likeness (QED) is 0.826. The van der Waals surface area contributed by atoms with Crippen LogP contribution in [0.4, 0.5) is 13.2 Å². The highest BCUT2D eigenvalue weighted by atomic mass is 19.4. The highest BCUT2D eigenvalue weighted by Gasteiger charge is 2.53. The predicted molar refractivity (Wildman–Crippen MR) is 60.8 cm³/mol. The summed E-state index contributed by atoms with van der Waals surface area (Å²) in [6.45, 7) is -0.866. The van der Waals surface area contributed by atoms with E-state index in [4.69, 9.17) is 9.84 Å². The zero-order valence-electron chi connectivity index (χ0n) is 10.7. The van der Waals surface area contributed by atoms with Crippen molar-refractivity contribution >= 4 is 11.9 Å². The van der Waals surface area contributed by atoms with Gasteiger partial charge in [0, 0.05) is 13.1 Å². The normalized spacial score (nSPS) is 26.9. The van der Waals surface area contributed by atoms with E-state index >= 15 is 0 Å². The van der Waals surface area contributed by atoms with E-state index in [-0.39, 0.29) is 6.61 Å². The number of rotatable bonds is 5. The maximum atomic E-state index is 12.7. The van der Waals surface area contributed by atoms with Crippen molar-refractivity contribution in [3.63, 3.8) is 0 Å². The molecule has 0 unspecified atom stereocenters. The Morgan fingerprint density at radius 1 is 1.25 bits per heavy atom. The lowest BCUT2D eigenvalue weighted by Crippen LogP contribution is -2.34. The highest BCUT2D eigenvalue weighted by molar-refractivity contribution is 5.80. The van der Waals surface area contributed by atoms with Crippen molar-refractivity contribution in [2.45, 2.75) is 19.0 Å². The molecule has 0 radical (unpaired) electrons. The van der Waals surface area contributed by atoms with Gasteiger partial charge < -0.3 is 14.7 Å². The standard InChI is InChI=1S/C12H16F3NO4/c13-12(14,15)9-4-16(3-8(9)11(18)19)10(17)6-20-5-7-1-2-7/h7-9H,1-6H2,(H,18,19)/t8-,9-/m1/s1. The molecule has 0 aromatic carbocycles. The van der Waals surface area contributed by atoms with Crippen molar-refractivity contribution < 1.29 is 32.6 Å². The highest BCUT2D eigenvalue weighted by Crippen LogP contribution is 2.37. The first-order valence-corrected chi connectivity index (χ1v) is 6.44. The largest absolute Gasteiger partial charge is 0.481 e. The first-order chi connectivity index (χ1) is 9.29. The molecule has 1 aliphatic heterocycles. The summed E-state index contributed by atoms with van der Waals surface area (Å²) in [5, 5.41) is 8.83. The summed E-state index contributed by atoms with van der Waals surface area (Å²) in [4.78, 5) is 23.5. The first kappa shape index (κ1) is 15.1. The maximum absolute atomic E-state index is 12.7. The fourth-order valence-electron chi connectivity index (χ4n) is 2.28. The number of halogens is 3. The van der Waals surface area contributed by atoms with Gasteiger partial charge in [-0.05, 0) is 18.8 Å². The molecule has 20 heavy (non-hydrogen) atoms. The molecule has 0 aromatic heterocycles. The number of nitrogens with zero attached hydrogens (tertiary/aromatic N) is 1. The van der Waals surface area contributed by atoms with E-state index in [2.05, 4.69) is 0 Å². The van der Waals surface area contributed by atoms with E-state index in [0.29, 0.717) is 12.5 Å². The molecule has 0 spiro atoms. The summed E-state index contributed by atoms with van der Waals surface area (Å²) in [6.07, 6.45) is -2.52. The second-order valence-corrected chi connectivity index (χ2v) is 5.35. The van der Waals surface area contributed by atoms with Crippen LogP contribution >= 0.6 is 0 Å². The van der Waals surface area contributed by atoms with Crippen molar-refractivity contribution in [2.24, 2.45) is 17.8 Å². The van der Waals surface area contributed by atoms with Crippen LogP contribution in [0.3, 0.4) is 0 Å². The third kappa shape index (κ3) is 3.62. The fraction of sp³-hybridized carbons (Fsp3) is 0.833. The van der Waals surface area contributed by atoms with E-state index in [0.717, 1.165) is 17.7 Å². The van der Waals surface area contributed by atoms with E-state index in [1.807, 2.05) is 0 Å². The molecule has 2 aliphatic rings. The first-order valence-electron chi connectivity index (χ1n) is 6.44. The van der Waals surface area contributed by atoms with E-state index < -0.39 is 43.0 Å². The number of aliphatic carboxylic acids is 1. The van der Waals surface area contributed by atoms with Crippen LogP contribution in [0.2, 0.25) is 0 Å². The van der Waals surface area contributed by atoms with Gasteiger partial charge in [0.1, 0.15) is 6.61 Å². The molecule has 2 atom stereocenters. The van der Waals surface area contributed by atoms with Gasteiger partial charge in [0.05, 0.1) is 18.4 Å². The number of hydrogen-bond acceptors (Lipinski definition) is 3. The van der Waals surface area contributed by atoms with Gasteiger partial charge in [-0.3, -0.25) is 9.59 Å². The molecule has 0 bridgehead atoms. The summed E-state index contributed by atoms with van der Waals surface area (Å²) in [6, 6.07) is 0. The number of amides is 1. The molecule has 1 amide bonds. The smallest absolute Gasteiger partial charge is 0.394 e. The van der Waals surface area contributed by atoms with Gasteiger partial charge in [0.2, 0.25) is 5.91 Å². The number of carboxylic acids is 1. The van der Waals surface area contributed by atoms with Gasteiger partial charge >= 0.3 is 12.1 Å². The number of likely N-dealkylation sites (tertiary alicyclic amines) is 1. The Morgan fingerprint density at radius 2 is 1.90 bits per heavy atom. The fourth-order valence-corrected chi connectivity index (χ4v) is 2.28. The minimum Gasteiger partial charge on any atom is -0.481 e. The number of ether oxygens (including phenoxy) is 1. The van der Waals surface area contributed by atoms with Gasteiger partial charge in [-0.15, -0.1) is 0 Å². The molecule has 2 rings (SSSR count). The molecule has 8 heteroatoms. The Balaban J connectivity index is 1.89. The van der Waals surface area contributed by atoms with Crippen molar-refractivity contribution in [3.05, 3.63) is 0 Å². The monoisotopic (exact) mass is 295 g/mol. The summed E-state index contributed by atoms with van der Waals surface area (Å²) in [5.41, 5.74) is 0. The van der Waals surface area contributed by atoms with Crippen LogP contribution in [0.5, 0.6) is 0 Å². The molecule has 2 fully saturated rings. The Labute approximate surface area is 113 Å². The lowest BCUT2D eigenvalue weighted by molar-refractivity contribution is -0.188. The number of carbonyl (C=O) groups is 2. The zero-order valence-corrected chi connectivity index (χ0v) is 10.7. The molecule has 1 aliphatic carbocycles. The topological polar surface area (TPSA) is 66.8 Å². The van der Waals surface area contributed by atoms with Crippen LogP contribution in [-0.2, 0) is 14.3 Å². The average Bonchev–Trinajstić information content (AvgIpc) is 3.03. The number of carboxylic acid groups (broad SMARTS) is 1. The van der Waals surface area contributed by atoms with Gasteiger partial charge in [0.25, 0.3) is 0 Å². The lowest BCUT2D eigenvalue weighted by atomic mass is 9.96. The van der Waals surface area contributed by atoms with Crippen molar-refractivity contribution in [1.29, 1.82) is 0 Å². The number of carbonyl (C=O) groups excluding carboxylic acids is 1. The Bertz CT molecular complexity index is 395. The Kier molecular flexibility index (Phi) is 4.22. The average molecular weight is 295 g/mol. The zero-order chi connectivity index (χ0) is 14.9. The Morgan fingerprint density at radius 3 is 2.35 bits per heavy atom. The van der Waals surface area contributed by atoms with Gasteiger partial charge in [-0.1, -0.05) is 0 Å². The maximum Gasteiger partial charge on any atom is 0.394 e. The predicted octanol–water partition coefficient (Wildman–Crippen LogP) is 1.13. The molecular weight excluding hydrogens is 279 g/mol. The van der Waals surface area contributed by atoms with Crippen LogP contribution in [0.25, 0.3) is 0 Å². The Hall–Kier alpha value is -1.31. The molecule has 1 saturated heterocycles. The molecule has 1 heterocycles. The van der Waals surface area contributed by atoms with Crippen LogP contribution in [0, 0.1) is 17.8 Å². The van der Waals surface area contributed by atoms with Crippen LogP contribution < -0.4 is 0 Å². The summed E-state index contributed by atoms with van der Waals surface area (Å²) in [5.74, 6) is -5.25. The molecule has 114 valence electrons. The minimum absolute atomic E-state index is 0.284. The van der Waals surface area contributed by atoms with Crippen LogP contribution in [0.1, 0.15) is 12.8 Å².